The van der Waals surface area contributed by atoms with E-state index in [-0.39, 0.29) is 19.4 Å². The number of nitrogens with one attached hydrogen (secondary N) is 1. The smallest absolute Gasteiger partial charge is 0.326 e. The van der Waals surface area contributed by atoms with Crippen LogP contribution in [0.2, 0.25) is 0 Å². The van der Waals surface area contributed by atoms with Crippen LogP contribution in [0.5, 0.6) is 5.75 Å². The highest BCUT2D eigenvalue weighted by atomic mass is 19.3. The van der Waals surface area contributed by atoms with E-state index in [1.807, 2.05) is 18.2 Å². The number of hydrogen-bond acceptors (Lipinski definition) is 4. The van der Waals surface area contributed by atoms with Gasteiger partial charge in [-0.25, -0.2) is 13.6 Å². The molecule has 9 heteroatoms. The second-order valence-electron chi connectivity index (χ2n) is 6.27. The van der Waals surface area contributed by atoms with Crippen molar-refractivity contribution in [3.63, 3.8) is 0 Å². The van der Waals surface area contributed by atoms with Gasteiger partial charge in [0.05, 0.1) is 13.2 Å². The Morgan fingerprint density at radius 2 is 1.96 bits per heavy atom. The highest BCUT2D eigenvalue weighted by Crippen LogP contribution is 2.28. The normalized spacial score (nSPS) is 19.1. The number of alkyl halides is 2. The lowest BCUT2D eigenvalue weighted by molar-refractivity contribution is -0.148. The Kier molecular flexibility index (Phi) is 7.51. The zero-order chi connectivity index (χ0) is 19.8. The molecule has 1 aromatic rings. The van der Waals surface area contributed by atoms with Crippen LogP contribution < -0.4 is 10.1 Å². The Morgan fingerprint density at radius 1 is 1.26 bits per heavy atom. The van der Waals surface area contributed by atoms with Crippen LogP contribution in [0.4, 0.5) is 8.78 Å². The van der Waals surface area contributed by atoms with Gasteiger partial charge in [0.25, 0.3) is 0 Å². The number of aliphatic carboxylic acids is 1. The van der Waals surface area contributed by atoms with Gasteiger partial charge in [-0.2, -0.15) is 0 Å². The van der Waals surface area contributed by atoms with Crippen LogP contribution in [0.1, 0.15) is 19.3 Å². The molecule has 2 amide bonds. The van der Waals surface area contributed by atoms with Crippen molar-refractivity contribution in [2.75, 3.05) is 19.7 Å². The largest absolute Gasteiger partial charge is 0.494 e. The van der Waals surface area contributed by atoms with Crippen molar-refractivity contribution >= 4 is 17.8 Å². The second kappa shape index (κ2) is 9.84. The van der Waals surface area contributed by atoms with Crippen LogP contribution in [-0.4, -0.2) is 60.0 Å². The second-order valence-corrected chi connectivity index (χ2v) is 6.27. The molecule has 0 bridgehead atoms. The van der Waals surface area contributed by atoms with Crippen LogP contribution in [-0.2, 0) is 14.4 Å². The zero-order valence-electron chi connectivity index (χ0n) is 14.6. The van der Waals surface area contributed by atoms with Crippen molar-refractivity contribution in [2.24, 2.45) is 5.92 Å². The molecule has 0 spiro atoms. The van der Waals surface area contributed by atoms with E-state index >= 15 is 0 Å². The number of ether oxygens (including phenoxy) is 1. The number of nitrogens with zero attached hydrogens (tertiary/aromatic N) is 1. The molecule has 0 unspecified atom stereocenters. The molecule has 2 rings (SSSR count). The van der Waals surface area contributed by atoms with Crippen LogP contribution in [0.15, 0.2) is 30.3 Å². The average Bonchev–Trinajstić information content (AvgIpc) is 3.10. The van der Waals surface area contributed by atoms with Gasteiger partial charge >= 0.3 is 5.97 Å². The average molecular weight is 384 g/mol. The lowest BCUT2D eigenvalue weighted by Gasteiger charge is -2.21. The summed E-state index contributed by atoms with van der Waals surface area (Å²) >= 11 is 0. The summed E-state index contributed by atoms with van der Waals surface area (Å²) in [5.74, 6) is -2.87. The molecular formula is C18H22F2N2O5. The fourth-order valence-electron chi connectivity index (χ4n) is 2.86. The van der Waals surface area contributed by atoms with E-state index in [4.69, 9.17) is 9.84 Å². The lowest BCUT2D eigenvalue weighted by atomic mass is 10.1. The first kappa shape index (κ1) is 20.6. The van der Waals surface area contributed by atoms with Gasteiger partial charge in [-0.3, -0.25) is 9.59 Å². The molecule has 0 radical (unpaired) electrons. The Hall–Kier alpha value is -2.71. The number of amides is 2. The molecule has 1 aliphatic rings. The summed E-state index contributed by atoms with van der Waals surface area (Å²) in [6.07, 6.45) is -2.42. The minimum absolute atomic E-state index is 0.127. The maximum Gasteiger partial charge on any atom is 0.326 e. The number of hydrogen-bond donors (Lipinski definition) is 2. The Labute approximate surface area is 155 Å². The predicted molar refractivity (Wildman–Crippen MR) is 91.4 cm³/mol. The predicted octanol–water partition coefficient (Wildman–Crippen LogP) is 1.53. The maximum atomic E-state index is 12.8. The first-order chi connectivity index (χ1) is 12.9. The first-order valence-corrected chi connectivity index (χ1v) is 8.63. The molecule has 0 aromatic heterocycles. The molecule has 2 atom stereocenters. The molecule has 1 fully saturated rings. The van der Waals surface area contributed by atoms with Crippen LogP contribution in [0.25, 0.3) is 0 Å². The number of likely N-dealkylation sites (tertiary alicyclic amines) is 1. The van der Waals surface area contributed by atoms with Crippen molar-refractivity contribution < 1.29 is 33.0 Å². The number of benzene rings is 1. The van der Waals surface area contributed by atoms with E-state index in [1.165, 1.54) is 0 Å². The molecule has 2 N–H and O–H groups in total. The maximum absolute atomic E-state index is 12.8. The summed E-state index contributed by atoms with van der Waals surface area (Å²) in [5.41, 5.74) is 0. The van der Waals surface area contributed by atoms with Gasteiger partial charge in [0, 0.05) is 18.9 Å². The third kappa shape index (κ3) is 6.19. The summed E-state index contributed by atoms with van der Waals surface area (Å²) in [5, 5.41) is 11.5. The van der Waals surface area contributed by atoms with Gasteiger partial charge in [0.1, 0.15) is 11.8 Å². The Balaban J connectivity index is 1.70. The van der Waals surface area contributed by atoms with Crippen LogP contribution in [0, 0.1) is 5.92 Å². The van der Waals surface area contributed by atoms with E-state index < -0.39 is 42.7 Å². The molecule has 1 heterocycles. The van der Waals surface area contributed by atoms with Crippen molar-refractivity contribution in [1.29, 1.82) is 0 Å². The fourth-order valence-corrected chi connectivity index (χ4v) is 2.86. The molecule has 0 aliphatic carbocycles. The van der Waals surface area contributed by atoms with Crippen molar-refractivity contribution in [1.82, 2.24) is 10.2 Å². The van der Waals surface area contributed by atoms with E-state index in [0.717, 1.165) is 4.90 Å². The standard InChI is InChI=1S/C18H22F2N2O5/c19-17(20)12-9-14(18(25)26)22(11-12)16(24)10-21-15(23)7-4-8-27-13-5-2-1-3-6-13/h1-3,5-6,12,14,17H,4,7-11H2,(H,21,23)(H,25,26)/t12-,14+/m1/s1. The molecule has 148 valence electrons. The van der Waals surface area contributed by atoms with Gasteiger partial charge in [-0.15, -0.1) is 0 Å². The number of carbonyl (C=O) groups is 3. The highest BCUT2D eigenvalue weighted by Gasteiger charge is 2.42. The molecule has 1 aliphatic heterocycles. The number of rotatable bonds is 9. The highest BCUT2D eigenvalue weighted by molar-refractivity contribution is 5.88. The van der Waals surface area contributed by atoms with E-state index in [1.54, 1.807) is 12.1 Å². The lowest BCUT2D eigenvalue weighted by Crippen LogP contribution is -2.45. The van der Waals surface area contributed by atoms with Gasteiger partial charge < -0.3 is 20.1 Å². The quantitative estimate of drug-likeness (QED) is 0.630. The van der Waals surface area contributed by atoms with Crippen LogP contribution in [0.3, 0.4) is 0 Å². The van der Waals surface area contributed by atoms with Crippen molar-refractivity contribution in [3.05, 3.63) is 30.3 Å². The summed E-state index contributed by atoms with van der Waals surface area (Å²) in [7, 11) is 0. The van der Waals surface area contributed by atoms with E-state index in [2.05, 4.69) is 5.32 Å². The number of carbonyl (C=O) groups excluding carboxylic acids is 2. The minimum Gasteiger partial charge on any atom is -0.494 e. The van der Waals surface area contributed by atoms with Crippen LogP contribution >= 0.6 is 0 Å². The molecular weight excluding hydrogens is 362 g/mol. The first-order valence-electron chi connectivity index (χ1n) is 8.63. The summed E-state index contributed by atoms with van der Waals surface area (Å²) in [6.45, 7) is -0.416. The molecule has 27 heavy (non-hydrogen) atoms. The third-order valence-corrected chi connectivity index (χ3v) is 4.29. The summed E-state index contributed by atoms with van der Waals surface area (Å²) in [6, 6.07) is 7.81. The van der Waals surface area contributed by atoms with Gasteiger partial charge in [-0.1, -0.05) is 18.2 Å². The van der Waals surface area contributed by atoms with Gasteiger partial charge in [0.2, 0.25) is 18.2 Å². The monoisotopic (exact) mass is 384 g/mol. The molecule has 0 saturated carbocycles. The number of carboxylic acids is 1. The zero-order valence-corrected chi connectivity index (χ0v) is 14.6. The van der Waals surface area contributed by atoms with Gasteiger partial charge in [0.15, 0.2) is 0 Å². The minimum atomic E-state index is -2.69. The molecule has 7 nitrogen and oxygen atoms in total. The topological polar surface area (TPSA) is 95.9 Å². The SMILES string of the molecule is O=C(CCCOc1ccccc1)NCC(=O)N1C[C@H](C(F)F)C[C@H]1C(=O)O. The van der Waals surface area contributed by atoms with Crippen molar-refractivity contribution in [3.8, 4) is 5.75 Å². The van der Waals surface area contributed by atoms with E-state index in [0.29, 0.717) is 18.8 Å². The fraction of sp³-hybridized carbons (Fsp3) is 0.500. The number of carboxylic acid groups (broad SMARTS) is 1. The Bertz CT molecular complexity index is 656. The summed E-state index contributed by atoms with van der Waals surface area (Å²) < 4.78 is 31.1. The number of halogens is 2. The van der Waals surface area contributed by atoms with Crippen molar-refractivity contribution in [2.45, 2.75) is 31.7 Å². The third-order valence-electron chi connectivity index (χ3n) is 4.29. The van der Waals surface area contributed by atoms with Gasteiger partial charge in [-0.05, 0) is 25.0 Å². The Morgan fingerprint density at radius 3 is 2.59 bits per heavy atom. The summed E-state index contributed by atoms with van der Waals surface area (Å²) in [4.78, 5) is 36.0. The molecule has 1 aromatic carbocycles. The molecule has 1 saturated heterocycles. The van der Waals surface area contributed by atoms with E-state index in [9.17, 15) is 23.2 Å². The number of para-hydroxylation sites is 1.